The first-order chi connectivity index (χ1) is 24.6. The lowest BCUT2D eigenvalue weighted by atomic mass is 9.68. The van der Waals surface area contributed by atoms with Gasteiger partial charge in [0.15, 0.2) is 0 Å². The standard InChI is InChI=1S/C43H42O8/c1-5-41(46)50-27-31(23-29(3)44)25-48-35-19-15-33(16-20-35)43(39-13-9-7-11-37(39)38-12-8-10-14-40(38)43)34-17-21-36(22-18-34)49-26-32(24-30(4)45)28-51-42(47)6-2/h5-22,31-32H,1-2,23-28H2,3-4H3. The first-order valence-corrected chi connectivity index (χ1v) is 16.9. The molecule has 0 saturated carbocycles. The maximum absolute atomic E-state index is 11.9. The molecule has 8 nitrogen and oxygen atoms in total. The summed E-state index contributed by atoms with van der Waals surface area (Å²) in [6.07, 6.45) is 2.63. The highest BCUT2D eigenvalue weighted by Crippen LogP contribution is 2.56. The number of carbonyl (C=O) groups excluding carboxylic acids is 4. The number of Topliss-reactive ketones (excluding diaryl/α,β-unsaturated/α-hetero) is 2. The van der Waals surface area contributed by atoms with Crippen LogP contribution in [-0.4, -0.2) is 49.9 Å². The van der Waals surface area contributed by atoms with Crippen molar-refractivity contribution in [1.82, 2.24) is 0 Å². The zero-order valence-corrected chi connectivity index (χ0v) is 29.0. The number of hydrogen-bond donors (Lipinski definition) is 0. The molecule has 0 radical (unpaired) electrons. The van der Waals surface area contributed by atoms with E-state index >= 15 is 0 Å². The minimum atomic E-state index is -0.656. The van der Waals surface area contributed by atoms with Crippen LogP contribution in [0.3, 0.4) is 0 Å². The van der Waals surface area contributed by atoms with Crippen LogP contribution in [0.5, 0.6) is 11.5 Å². The average Bonchev–Trinajstić information content (AvgIpc) is 3.44. The zero-order chi connectivity index (χ0) is 36.4. The van der Waals surface area contributed by atoms with Gasteiger partial charge >= 0.3 is 11.9 Å². The van der Waals surface area contributed by atoms with Crippen molar-refractivity contribution in [3.63, 3.8) is 0 Å². The summed E-state index contributed by atoms with van der Waals surface area (Å²) in [5.74, 6) is -0.471. The molecule has 8 heteroatoms. The molecule has 0 N–H and O–H groups in total. The molecule has 0 heterocycles. The summed E-state index contributed by atoms with van der Waals surface area (Å²) >= 11 is 0. The Hall–Kier alpha value is -5.76. The van der Waals surface area contributed by atoms with Crippen molar-refractivity contribution >= 4 is 23.5 Å². The van der Waals surface area contributed by atoms with E-state index in [0.717, 1.165) is 45.5 Å². The molecule has 1 aliphatic carbocycles. The van der Waals surface area contributed by atoms with Gasteiger partial charge in [-0.2, -0.15) is 0 Å². The van der Waals surface area contributed by atoms with Gasteiger partial charge in [0.2, 0.25) is 0 Å². The monoisotopic (exact) mass is 686 g/mol. The Balaban J connectivity index is 1.45. The lowest BCUT2D eigenvalue weighted by Crippen LogP contribution is -2.28. The molecule has 4 aromatic rings. The van der Waals surface area contributed by atoms with Crippen molar-refractivity contribution in [2.24, 2.45) is 11.8 Å². The van der Waals surface area contributed by atoms with E-state index in [-0.39, 0.29) is 62.7 Å². The van der Waals surface area contributed by atoms with Crippen LogP contribution in [0.15, 0.2) is 122 Å². The van der Waals surface area contributed by atoms with Crippen molar-refractivity contribution in [3.8, 4) is 22.6 Å². The van der Waals surface area contributed by atoms with E-state index in [1.807, 2.05) is 36.4 Å². The Kier molecular flexibility index (Phi) is 12.0. The van der Waals surface area contributed by atoms with Crippen molar-refractivity contribution in [2.75, 3.05) is 26.4 Å². The second kappa shape index (κ2) is 16.8. The molecule has 0 fully saturated rings. The second-order valence-corrected chi connectivity index (χ2v) is 12.7. The third kappa shape index (κ3) is 8.52. The van der Waals surface area contributed by atoms with Crippen molar-refractivity contribution in [1.29, 1.82) is 0 Å². The van der Waals surface area contributed by atoms with Crippen LogP contribution in [0.25, 0.3) is 11.1 Å². The molecule has 2 atom stereocenters. The molecule has 0 spiro atoms. The van der Waals surface area contributed by atoms with Crippen LogP contribution < -0.4 is 9.47 Å². The molecule has 5 rings (SSSR count). The molecule has 1 aliphatic rings. The first kappa shape index (κ1) is 36.5. The van der Waals surface area contributed by atoms with Crippen LogP contribution in [-0.2, 0) is 34.1 Å². The molecule has 262 valence electrons. The number of hydrogen-bond acceptors (Lipinski definition) is 8. The van der Waals surface area contributed by atoms with E-state index in [1.54, 1.807) is 0 Å². The van der Waals surface area contributed by atoms with E-state index < -0.39 is 17.4 Å². The van der Waals surface area contributed by atoms with Gasteiger partial charge in [-0.1, -0.05) is 86.0 Å². The van der Waals surface area contributed by atoms with E-state index in [4.69, 9.17) is 18.9 Å². The van der Waals surface area contributed by atoms with Gasteiger partial charge in [0, 0.05) is 36.8 Å². The minimum Gasteiger partial charge on any atom is -0.493 e. The number of benzene rings is 4. The SMILES string of the molecule is C=CC(=O)OCC(COc1ccc(C2(c3ccc(OCC(COC(=O)C=C)CC(C)=O)cc3)c3ccccc3-c3ccccc32)cc1)CC(C)=O. The van der Waals surface area contributed by atoms with Gasteiger partial charge in [-0.15, -0.1) is 0 Å². The van der Waals surface area contributed by atoms with E-state index in [0.29, 0.717) is 11.5 Å². The summed E-state index contributed by atoms with van der Waals surface area (Å²) in [5, 5.41) is 0. The third-order valence-electron chi connectivity index (χ3n) is 8.91. The van der Waals surface area contributed by atoms with Gasteiger partial charge in [-0.05, 0) is 71.5 Å². The highest BCUT2D eigenvalue weighted by Gasteiger charge is 2.45. The Morgan fingerprint density at radius 2 is 0.941 bits per heavy atom. The molecule has 0 saturated heterocycles. The molecule has 0 amide bonds. The van der Waals surface area contributed by atoms with Gasteiger partial charge < -0.3 is 28.5 Å². The van der Waals surface area contributed by atoms with Gasteiger partial charge in [-0.25, -0.2) is 9.59 Å². The number of carbonyl (C=O) groups is 4. The van der Waals surface area contributed by atoms with Crippen LogP contribution >= 0.6 is 0 Å². The molecular formula is C43H42O8. The lowest BCUT2D eigenvalue weighted by Gasteiger charge is -2.34. The molecule has 0 aliphatic heterocycles. The molecule has 0 bridgehead atoms. The van der Waals surface area contributed by atoms with E-state index in [2.05, 4.69) is 73.8 Å². The summed E-state index contributed by atoms with van der Waals surface area (Å²) in [4.78, 5) is 47.0. The maximum Gasteiger partial charge on any atom is 0.330 e. The molecule has 2 unspecified atom stereocenters. The first-order valence-electron chi connectivity index (χ1n) is 16.9. The van der Waals surface area contributed by atoms with Crippen molar-refractivity contribution in [2.45, 2.75) is 32.1 Å². The quantitative estimate of drug-likeness (QED) is 0.0692. The highest BCUT2D eigenvalue weighted by molar-refractivity contribution is 5.86. The van der Waals surface area contributed by atoms with Gasteiger partial charge in [0.1, 0.15) is 23.1 Å². The third-order valence-corrected chi connectivity index (χ3v) is 8.91. The summed E-state index contributed by atoms with van der Waals surface area (Å²) < 4.78 is 22.6. The topological polar surface area (TPSA) is 105 Å². The fourth-order valence-corrected chi connectivity index (χ4v) is 6.72. The summed E-state index contributed by atoms with van der Waals surface area (Å²) in [6, 6.07) is 32.8. The predicted octanol–water partition coefficient (Wildman–Crippen LogP) is 7.46. The van der Waals surface area contributed by atoms with E-state index in [1.165, 1.54) is 13.8 Å². The Morgan fingerprint density at radius 1 is 0.569 bits per heavy atom. The summed E-state index contributed by atoms with van der Waals surface area (Å²) in [6.45, 7) is 10.4. The fraction of sp³-hybridized carbons (Fsp3) is 0.256. The smallest absolute Gasteiger partial charge is 0.330 e. The van der Waals surface area contributed by atoms with Crippen molar-refractivity contribution < 1.29 is 38.1 Å². The van der Waals surface area contributed by atoms with E-state index in [9.17, 15) is 19.2 Å². The van der Waals surface area contributed by atoms with Crippen LogP contribution in [0.2, 0.25) is 0 Å². The lowest BCUT2D eigenvalue weighted by molar-refractivity contribution is -0.140. The number of esters is 2. The van der Waals surface area contributed by atoms with Crippen LogP contribution in [0, 0.1) is 11.8 Å². The summed E-state index contributed by atoms with van der Waals surface area (Å²) in [7, 11) is 0. The average molecular weight is 687 g/mol. The van der Waals surface area contributed by atoms with Gasteiger partial charge in [0.05, 0.1) is 31.8 Å². The Morgan fingerprint density at radius 3 is 1.29 bits per heavy atom. The maximum atomic E-state index is 11.9. The predicted molar refractivity (Wildman–Crippen MR) is 195 cm³/mol. The van der Waals surface area contributed by atoms with Crippen LogP contribution in [0.1, 0.15) is 48.9 Å². The second-order valence-electron chi connectivity index (χ2n) is 12.7. The number of fused-ring (bicyclic) bond motifs is 3. The van der Waals surface area contributed by atoms with Gasteiger partial charge in [0.25, 0.3) is 0 Å². The molecule has 4 aromatic carbocycles. The highest BCUT2D eigenvalue weighted by atomic mass is 16.5. The molecular weight excluding hydrogens is 644 g/mol. The number of ketones is 2. The van der Waals surface area contributed by atoms with Crippen LogP contribution in [0.4, 0.5) is 0 Å². The number of rotatable bonds is 18. The fourth-order valence-electron chi connectivity index (χ4n) is 6.72. The minimum absolute atomic E-state index is 0.0181. The van der Waals surface area contributed by atoms with Gasteiger partial charge in [-0.3, -0.25) is 0 Å². The summed E-state index contributed by atoms with van der Waals surface area (Å²) in [5.41, 5.74) is 6.00. The number of ether oxygens (including phenoxy) is 4. The Labute approximate surface area is 298 Å². The zero-order valence-electron chi connectivity index (χ0n) is 29.0. The molecule has 51 heavy (non-hydrogen) atoms. The Bertz CT molecular complexity index is 1750. The normalized spacial score (nSPS) is 13.5. The van der Waals surface area contributed by atoms with Crippen molar-refractivity contribution in [3.05, 3.63) is 145 Å². The molecule has 0 aromatic heterocycles. The largest absolute Gasteiger partial charge is 0.493 e.